The molecule has 0 saturated heterocycles. The van der Waals surface area contributed by atoms with E-state index in [1.54, 1.807) is 0 Å². The van der Waals surface area contributed by atoms with E-state index in [9.17, 15) is 9.59 Å². The predicted octanol–water partition coefficient (Wildman–Crippen LogP) is -4.32. The third-order valence-corrected chi connectivity index (χ3v) is 1.50. The first-order valence-electron chi connectivity index (χ1n) is 3.47. The third kappa shape index (κ3) is 4.83. The van der Waals surface area contributed by atoms with Crippen LogP contribution in [0.2, 0.25) is 0 Å². The van der Waals surface area contributed by atoms with Gasteiger partial charge in [0.1, 0.15) is 12.2 Å². The Kier molecular flexibility index (Phi) is 8.05. The van der Waals surface area contributed by atoms with Crippen molar-refractivity contribution in [2.75, 3.05) is 0 Å². The second-order valence-electron chi connectivity index (χ2n) is 2.55. The number of hydrogen-bond donors (Lipinski definition) is 6. The normalized spacial score (nSPS) is 18.1. The molecule has 0 aliphatic rings. The first kappa shape index (κ1) is 17.1. The van der Waals surface area contributed by atoms with Crippen molar-refractivity contribution in [1.82, 2.24) is 0 Å². The number of aliphatic hydroxyl groups is 4. The zero-order valence-corrected chi connectivity index (χ0v) is 13.0. The van der Waals surface area contributed by atoms with Crippen molar-refractivity contribution in [2.45, 2.75) is 24.4 Å². The van der Waals surface area contributed by atoms with Crippen LogP contribution in [-0.2, 0) is 9.59 Å². The Morgan fingerprint density at radius 1 is 0.733 bits per heavy atom. The Morgan fingerprint density at radius 2 is 0.933 bits per heavy atom. The van der Waals surface area contributed by atoms with E-state index < -0.39 is 36.4 Å². The van der Waals surface area contributed by atoms with Crippen LogP contribution in [0.15, 0.2) is 0 Å². The van der Waals surface area contributed by atoms with Crippen LogP contribution in [0.25, 0.3) is 0 Å². The van der Waals surface area contributed by atoms with Crippen molar-refractivity contribution in [1.29, 1.82) is 0 Å². The SMILES string of the molecule is O=C(O)C(O)C(O)C(O)C(O)C(=O)O.[PbH2]. The van der Waals surface area contributed by atoms with Crippen LogP contribution in [0.5, 0.6) is 0 Å². The van der Waals surface area contributed by atoms with Crippen molar-refractivity contribution in [3.8, 4) is 0 Å². The quantitative estimate of drug-likeness (QED) is 0.245. The summed E-state index contributed by atoms with van der Waals surface area (Å²) in [5.41, 5.74) is 0. The van der Waals surface area contributed by atoms with E-state index in [0.29, 0.717) is 0 Å². The molecule has 6 N–H and O–H groups in total. The fourth-order valence-corrected chi connectivity index (χ4v) is 0.666. The Bertz CT molecular complexity index is 207. The van der Waals surface area contributed by atoms with Gasteiger partial charge in [-0.1, -0.05) is 0 Å². The summed E-state index contributed by atoms with van der Waals surface area (Å²) < 4.78 is 0. The zero-order valence-electron chi connectivity index (χ0n) is 7.52. The number of carbonyl (C=O) groups is 2. The molecule has 0 aromatic carbocycles. The average molecular weight is 419 g/mol. The Morgan fingerprint density at radius 3 is 1.07 bits per heavy atom. The summed E-state index contributed by atoms with van der Waals surface area (Å²) >= 11 is 0. The summed E-state index contributed by atoms with van der Waals surface area (Å²) in [7, 11) is 0. The maximum atomic E-state index is 10.1. The molecular weight excluding hydrogens is 407 g/mol. The molecule has 0 spiro atoms. The number of carboxylic acids is 2. The molecule has 0 aromatic heterocycles. The molecule has 88 valence electrons. The van der Waals surface area contributed by atoms with Crippen LogP contribution in [-0.4, -0.2) is 94.3 Å². The monoisotopic (exact) mass is 420 g/mol. The maximum absolute atomic E-state index is 10.1. The fourth-order valence-electron chi connectivity index (χ4n) is 0.666. The molecule has 0 heterocycles. The molecule has 0 amide bonds. The van der Waals surface area contributed by atoms with Crippen LogP contribution in [0.1, 0.15) is 0 Å². The van der Waals surface area contributed by atoms with Gasteiger partial charge < -0.3 is 30.6 Å². The Labute approximate surface area is 104 Å². The van der Waals surface area contributed by atoms with E-state index in [4.69, 9.17) is 30.6 Å². The molecule has 8 nitrogen and oxygen atoms in total. The van der Waals surface area contributed by atoms with E-state index in [-0.39, 0.29) is 27.3 Å². The number of aliphatic hydroxyl groups excluding tert-OH is 4. The van der Waals surface area contributed by atoms with Crippen LogP contribution in [0, 0.1) is 0 Å². The molecule has 0 saturated carbocycles. The van der Waals surface area contributed by atoms with Crippen LogP contribution < -0.4 is 0 Å². The van der Waals surface area contributed by atoms with Crippen LogP contribution in [0.3, 0.4) is 0 Å². The summed E-state index contributed by atoms with van der Waals surface area (Å²) in [5, 5.41) is 51.5. The Hall–Kier alpha value is -0.298. The van der Waals surface area contributed by atoms with Crippen LogP contribution >= 0.6 is 0 Å². The van der Waals surface area contributed by atoms with Crippen molar-refractivity contribution >= 4 is 39.2 Å². The Balaban J connectivity index is 0. The minimum absolute atomic E-state index is 0. The predicted molar refractivity (Wildman–Crippen MR) is 47.8 cm³/mol. The molecule has 4 unspecified atom stereocenters. The van der Waals surface area contributed by atoms with Gasteiger partial charge in [-0.25, -0.2) is 9.59 Å². The van der Waals surface area contributed by atoms with Crippen molar-refractivity contribution in [2.24, 2.45) is 0 Å². The molecule has 4 atom stereocenters. The summed E-state index contributed by atoms with van der Waals surface area (Å²) in [4.78, 5) is 20.2. The van der Waals surface area contributed by atoms with Gasteiger partial charge in [-0.2, -0.15) is 0 Å². The number of rotatable bonds is 5. The van der Waals surface area contributed by atoms with Gasteiger partial charge in [0, 0.05) is 0 Å². The standard InChI is InChI=1S/C6H10O8.Pb.2H/c7-1(3(9)5(11)12)2(8)4(10)6(13)14;;;/h1-4,7-10H,(H,11,12)(H,13,14);;;. The zero-order chi connectivity index (χ0) is 11.5. The molecule has 0 aliphatic carbocycles. The van der Waals surface area contributed by atoms with Gasteiger partial charge in [0.2, 0.25) is 0 Å². The molecule has 0 aliphatic heterocycles. The summed E-state index contributed by atoms with van der Waals surface area (Å²) in [5.74, 6) is -3.68. The second kappa shape index (κ2) is 7.05. The van der Waals surface area contributed by atoms with Gasteiger partial charge in [-0.05, 0) is 0 Å². The van der Waals surface area contributed by atoms with E-state index >= 15 is 0 Å². The summed E-state index contributed by atoms with van der Waals surface area (Å²) in [6, 6.07) is 0. The summed E-state index contributed by atoms with van der Waals surface area (Å²) in [6.07, 6.45) is -9.28. The molecule has 9 heteroatoms. The van der Waals surface area contributed by atoms with Gasteiger partial charge in [0.25, 0.3) is 0 Å². The number of aliphatic carboxylic acids is 2. The molecule has 0 aromatic rings. The minimum atomic E-state index is -2.36. The second-order valence-corrected chi connectivity index (χ2v) is 2.55. The van der Waals surface area contributed by atoms with Gasteiger partial charge in [-0.3, -0.25) is 0 Å². The van der Waals surface area contributed by atoms with E-state index in [0.717, 1.165) is 0 Å². The number of carboxylic acid groups (broad SMARTS) is 2. The first-order valence-corrected chi connectivity index (χ1v) is 3.47. The summed E-state index contributed by atoms with van der Waals surface area (Å²) in [6.45, 7) is 0. The van der Waals surface area contributed by atoms with Gasteiger partial charge in [0.15, 0.2) is 12.2 Å². The van der Waals surface area contributed by atoms with Gasteiger partial charge in [-0.15, -0.1) is 0 Å². The van der Waals surface area contributed by atoms with Crippen molar-refractivity contribution in [3.63, 3.8) is 0 Å². The molecule has 0 rings (SSSR count). The molecule has 15 heavy (non-hydrogen) atoms. The number of hydrogen-bond acceptors (Lipinski definition) is 6. The first-order chi connectivity index (χ1) is 6.29. The van der Waals surface area contributed by atoms with E-state index in [1.165, 1.54) is 0 Å². The fraction of sp³-hybridized carbons (Fsp3) is 0.667. The molecular formula is C6H12O8Pb. The van der Waals surface area contributed by atoms with Crippen molar-refractivity contribution in [3.05, 3.63) is 0 Å². The van der Waals surface area contributed by atoms with Gasteiger partial charge in [0.05, 0.1) is 0 Å². The molecule has 0 bridgehead atoms. The third-order valence-electron chi connectivity index (χ3n) is 1.50. The molecule has 0 fully saturated rings. The molecule has 2 radical (unpaired) electrons. The topological polar surface area (TPSA) is 156 Å². The average Bonchev–Trinajstić information content (AvgIpc) is 2.12. The van der Waals surface area contributed by atoms with E-state index in [2.05, 4.69) is 0 Å². The van der Waals surface area contributed by atoms with Crippen LogP contribution in [0.4, 0.5) is 0 Å². The van der Waals surface area contributed by atoms with Gasteiger partial charge >= 0.3 is 39.2 Å². The van der Waals surface area contributed by atoms with Crippen molar-refractivity contribution < 1.29 is 40.2 Å². The van der Waals surface area contributed by atoms with E-state index in [1.807, 2.05) is 0 Å².